The van der Waals surface area contributed by atoms with Gasteiger partial charge in [-0.1, -0.05) is 13.8 Å². The summed E-state index contributed by atoms with van der Waals surface area (Å²) >= 11 is 0. The van der Waals surface area contributed by atoms with E-state index in [0.717, 1.165) is 29.0 Å². The van der Waals surface area contributed by atoms with Gasteiger partial charge >= 0.3 is 0 Å². The largest absolute Gasteiger partial charge is 0.497 e. The monoisotopic (exact) mass is 233 g/mol. The number of nitrogens with one attached hydrogen (secondary N) is 1. The van der Waals surface area contributed by atoms with Gasteiger partial charge in [0.25, 0.3) is 0 Å². The van der Waals surface area contributed by atoms with Crippen LogP contribution >= 0.6 is 0 Å². The van der Waals surface area contributed by atoms with Crippen LogP contribution in [0.4, 0.5) is 0 Å². The average molecular weight is 233 g/mol. The summed E-state index contributed by atoms with van der Waals surface area (Å²) in [4.78, 5) is 0. The van der Waals surface area contributed by atoms with Crippen LogP contribution in [0.2, 0.25) is 0 Å². The second-order valence-electron chi connectivity index (χ2n) is 4.49. The molecule has 1 heterocycles. The Hall–Kier alpha value is -1.48. The highest BCUT2D eigenvalue weighted by Gasteiger charge is 2.16. The van der Waals surface area contributed by atoms with Crippen LogP contribution in [-0.4, -0.2) is 14.2 Å². The van der Waals surface area contributed by atoms with E-state index >= 15 is 0 Å². The summed E-state index contributed by atoms with van der Waals surface area (Å²) in [6.07, 6.45) is 0. The molecule has 2 rings (SSSR count). The fourth-order valence-corrected chi connectivity index (χ4v) is 2.20. The molecule has 0 atom stereocenters. The quantitative estimate of drug-likeness (QED) is 0.880. The van der Waals surface area contributed by atoms with Gasteiger partial charge in [-0.05, 0) is 31.2 Å². The highest BCUT2D eigenvalue weighted by molar-refractivity contribution is 5.84. The second-order valence-corrected chi connectivity index (χ2v) is 4.49. The van der Waals surface area contributed by atoms with Crippen molar-refractivity contribution in [2.45, 2.75) is 26.3 Å². The number of rotatable bonds is 4. The maximum absolute atomic E-state index is 5.88. The molecule has 92 valence electrons. The third-order valence-corrected chi connectivity index (χ3v) is 2.93. The van der Waals surface area contributed by atoms with Gasteiger partial charge in [0.05, 0.1) is 13.7 Å². The van der Waals surface area contributed by atoms with Crippen LogP contribution in [0.5, 0.6) is 5.75 Å². The highest BCUT2D eigenvalue weighted by Crippen LogP contribution is 2.33. The average Bonchev–Trinajstić information content (AvgIpc) is 2.66. The Morgan fingerprint density at radius 1 is 1.35 bits per heavy atom. The molecule has 0 radical (unpaired) electrons. The van der Waals surface area contributed by atoms with Crippen molar-refractivity contribution < 1.29 is 9.15 Å². The Morgan fingerprint density at radius 2 is 2.12 bits per heavy atom. The zero-order valence-electron chi connectivity index (χ0n) is 10.8. The lowest BCUT2D eigenvalue weighted by molar-refractivity contribution is 0.415. The van der Waals surface area contributed by atoms with Gasteiger partial charge in [0.15, 0.2) is 0 Å². The molecule has 2 aromatic rings. The smallest absolute Gasteiger partial charge is 0.134 e. The van der Waals surface area contributed by atoms with Gasteiger partial charge in [0.2, 0.25) is 0 Å². The molecule has 0 bridgehead atoms. The molecule has 3 nitrogen and oxygen atoms in total. The van der Waals surface area contributed by atoms with Gasteiger partial charge in [-0.2, -0.15) is 0 Å². The summed E-state index contributed by atoms with van der Waals surface area (Å²) in [6, 6.07) is 5.95. The van der Waals surface area contributed by atoms with E-state index in [0.29, 0.717) is 5.92 Å². The lowest BCUT2D eigenvalue weighted by atomic mass is 9.99. The van der Waals surface area contributed by atoms with Crippen LogP contribution in [0.1, 0.15) is 31.1 Å². The van der Waals surface area contributed by atoms with Crippen molar-refractivity contribution >= 4 is 11.0 Å². The first-order valence-corrected chi connectivity index (χ1v) is 5.91. The summed E-state index contributed by atoms with van der Waals surface area (Å²) < 4.78 is 11.2. The second kappa shape index (κ2) is 4.80. The first-order chi connectivity index (χ1) is 8.17. The fraction of sp³-hybridized carbons (Fsp3) is 0.429. The molecule has 3 heteroatoms. The Balaban J connectivity index is 2.63. The zero-order chi connectivity index (χ0) is 12.4. The van der Waals surface area contributed by atoms with Gasteiger partial charge in [-0.25, -0.2) is 0 Å². The molecule has 0 aliphatic carbocycles. The lowest BCUT2D eigenvalue weighted by Gasteiger charge is -2.06. The van der Waals surface area contributed by atoms with Crippen LogP contribution < -0.4 is 10.1 Å². The molecule has 0 unspecified atom stereocenters. The molecule has 0 saturated heterocycles. The Kier molecular flexibility index (Phi) is 3.38. The Bertz CT molecular complexity index is 514. The van der Waals surface area contributed by atoms with E-state index in [1.54, 1.807) is 7.11 Å². The first-order valence-electron chi connectivity index (χ1n) is 5.91. The van der Waals surface area contributed by atoms with E-state index in [1.165, 1.54) is 5.56 Å². The first kappa shape index (κ1) is 12.0. The normalized spacial score (nSPS) is 11.4. The molecule has 17 heavy (non-hydrogen) atoms. The minimum atomic E-state index is 0.437. The van der Waals surface area contributed by atoms with E-state index in [-0.39, 0.29) is 0 Å². The molecular weight excluding hydrogens is 214 g/mol. The van der Waals surface area contributed by atoms with E-state index < -0.39 is 0 Å². The summed E-state index contributed by atoms with van der Waals surface area (Å²) in [5.74, 6) is 2.33. The minimum Gasteiger partial charge on any atom is -0.497 e. The van der Waals surface area contributed by atoms with Crippen molar-refractivity contribution in [3.63, 3.8) is 0 Å². The molecular formula is C14H19NO2. The standard InChI is InChI=1S/C14H19NO2/c1-9(2)14-11-7-10(16-4)5-6-12(11)17-13(14)8-15-3/h5-7,9,15H,8H2,1-4H3. The van der Waals surface area contributed by atoms with Crippen molar-refractivity contribution in [2.75, 3.05) is 14.2 Å². The molecule has 0 aliphatic heterocycles. The number of methoxy groups -OCH3 is 1. The zero-order valence-corrected chi connectivity index (χ0v) is 10.8. The third-order valence-electron chi connectivity index (χ3n) is 2.93. The molecule has 0 amide bonds. The molecule has 0 fully saturated rings. The van der Waals surface area contributed by atoms with Gasteiger partial charge in [0, 0.05) is 10.9 Å². The van der Waals surface area contributed by atoms with E-state index in [4.69, 9.17) is 9.15 Å². The van der Waals surface area contributed by atoms with Crippen molar-refractivity contribution in [1.29, 1.82) is 0 Å². The summed E-state index contributed by atoms with van der Waals surface area (Å²) in [6.45, 7) is 5.12. The predicted molar refractivity (Wildman–Crippen MR) is 69.6 cm³/mol. The van der Waals surface area contributed by atoms with E-state index in [9.17, 15) is 0 Å². The Morgan fingerprint density at radius 3 is 2.71 bits per heavy atom. The predicted octanol–water partition coefficient (Wildman–Crippen LogP) is 3.28. The van der Waals surface area contributed by atoms with Gasteiger partial charge in [-0.3, -0.25) is 0 Å². The van der Waals surface area contributed by atoms with Gasteiger partial charge < -0.3 is 14.5 Å². The third kappa shape index (κ3) is 2.15. The number of hydrogen-bond donors (Lipinski definition) is 1. The van der Waals surface area contributed by atoms with Crippen molar-refractivity contribution in [3.8, 4) is 5.75 Å². The Labute approximate surface area is 102 Å². The van der Waals surface area contributed by atoms with Crippen LogP contribution in [0, 0.1) is 0 Å². The van der Waals surface area contributed by atoms with Gasteiger partial charge in [-0.15, -0.1) is 0 Å². The van der Waals surface area contributed by atoms with Crippen LogP contribution in [-0.2, 0) is 6.54 Å². The molecule has 0 saturated carbocycles. The van der Waals surface area contributed by atoms with Crippen molar-refractivity contribution in [2.24, 2.45) is 0 Å². The SMILES string of the molecule is CNCc1oc2ccc(OC)cc2c1C(C)C. The number of ether oxygens (including phenoxy) is 1. The summed E-state index contributed by atoms with van der Waals surface area (Å²) in [5.41, 5.74) is 2.20. The van der Waals surface area contributed by atoms with E-state index in [2.05, 4.69) is 19.2 Å². The van der Waals surface area contributed by atoms with Crippen molar-refractivity contribution in [1.82, 2.24) is 5.32 Å². The highest BCUT2D eigenvalue weighted by atomic mass is 16.5. The van der Waals surface area contributed by atoms with Crippen LogP contribution in [0.3, 0.4) is 0 Å². The lowest BCUT2D eigenvalue weighted by Crippen LogP contribution is -2.06. The van der Waals surface area contributed by atoms with Gasteiger partial charge in [0.1, 0.15) is 17.1 Å². The van der Waals surface area contributed by atoms with Crippen LogP contribution in [0.15, 0.2) is 22.6 Å². The fourth-order valence-electron chi connectivity index (χ4n) is 2.20. The number of furan rings is 1. The molecule has 1 N–H and O–H groups in total. The molecule has 1 aromatic heterocycles. The maximum Gasteiger partial charge on any atom is 0.134 e. The number of benzene rings is 1. The summed E-state index contributed by atoms with van der Waals surface area (Å²) in [7, 11) is 3.61. The molecule has 1 aromatic carbocycles. The van der Waals surface area contributed by atoms with E-state index in [1.807, 2.05) is 25.2 Å². The maximum atomic E-state index is 5.88. The topological polar surface area (TPSA) is 34.4 Å². The number of hydrogen-bond acceptors (Lipinski definition) is 3. The number of fused-ring (bicyclic) bond motifs is 1. The van der Waals surface area contributed by atoms with Crippen LogP contribution in [0.25, 0.3) is 11.0 Å². The molecule has 0 aliphatic rings. The minimum absolute atomic E-state index is 0.437. The molecule has 0 spiro atoms. The summed E-state index contributed by atoms with van der Waals surface area (Å²) in [5, 5.41) is 4.30. The van der Waals surface area contributed by atoms with Crippen molar-refractivity contribution in [3.05, 3.63) is 29.5 Å².